The molecule has 0 radical (unpaired) electrons. The largest absolute Gasteiger partial charge is 0.394 e. The van der Waals surface area contributed by atoms with E-state index in [1.807, 2.05) is 0 Å². The van der Waals surface area contributed by atoms with E-state index >= 15 is 0 Å². The van der Waals surface area contributed by atoms with E-state index < -0.39 is 10.4 Å². The Kier molecular flexibility index (Phi) is 42.0. The number of hydrogen-bond donors (Lipinski definition) is 2. The minimum absolute atomic E-state index is 1.29. The molecule has 0 atom stereocenters. The van der Waals surface area contributed by atoms with Gasteiger partial charge in [-0.25, -0.2) is 0 Å². The van der Waals surface area contributed by atoms with E-state index in [1.165, 1.54) is 294 Å². The monoisotopic (exact) mass is 899 g/mol. The van der Waals surface area contributed by atoms with Crippen molar-refractivity contribution in [1.29, 1.82) is 0 Å². The summed E-state index contributed by atoms with van der Waals surface area (Å²) in [5, 5.41) is 3.08. The highest BCUT2D eigenvalue weighted by molar-refractivity contribution is 7.79. The van der Waals surface area contributed by atoms with E-state index in [0.717, 1.165) is 0 Å². The molecule has 368 valence electrons. The van der Waals surface area contributed by atoms with Gasteiger partial charge in [0.25, 0.3) is 0 Å². The molecule has 0 aromatic heterocycles. The molecule has 0 amide bonds. The highest BCUT2D eigenvalue weighted by Gasteiger charge is 2.14. The normalized spacial score (nSPS) is 11.7. The van der Waals surface area contributed by atoms with Crippen LogP contribution in [-0.4, -0.2) is 17.5 Å². The Morgan fingerprint density at radius 2 is 0.571 bits per heavy atom. The van der Waals surface area contributed by atoms with Crippen LogP contribution in [0, 0.1) is 0 Å². The predicted octanol–water partition coefficient (Wildman–Crippen LogP) is 20.3. The smallest absolute Gasteiger partial charge is 0.264 e. The van der Waals surface area contributed by atoms with Gasteiger partial charge < -0.3 is 0 Å². The maximum absolute atomic E-state index is 8.74. The van der Waals surface area contributed by atoms with E-state index in [4.69, 9.17) is 17.5 Å². The van der Waals surface area contributed by atoms with Gasteiger partial charge in [-0.3, -0.25) is 9.11 Å². The standard InChI is InChI=1S/C58H104.H2O4S/c1-4-7-10-13-16-19-22-25-28-31-34-37-40-43-48-54-53-55-49-46-47-51-57(55)58(52-45-42-39-36-33-30-27-24-21-18-15-12-9-6-3)56(54)50-44-41-38-35-32-29-26-23-20-17-14-11-8-5-2;1-5(2,3)4/h46-47,49,51,53H,4-45,48,50,52H2,1-3H3;(H2,1,2,3,4). The van der Waals surface area contributed by atoms with Crippen molar-refractivity contribution in [3.63, 3.8) is 0 Å². The van der Waals surface area contributed by atoms with Crippen LogP contribution < -0.4 is 0 Å². The van der Waals surface area contributed by atoms with Gasteiger partial charge in [-0.2, -0.15) is 8.42 Å². The van der Waals surface area contributed by atoms with Gasteiger partial charge in [-0.1, -0.05) is 302 Å². The predicted molar refractivity (Wildman–Crippen MR) is 280 cm³/mol. The summed E-state index contributed by atoms with van der Waals surface area (Å²) in [6, 6.07) is 12.1. The van der Waals surface area contributed by atoms with E-state index in [0.29, 0.717) is 0 Å². The summed E-state index contributed by atoms with van der Waals surface area (Å²) in [7, 11) is -4.67. The maximum atomic E-state index is 8.74. The molecular formula is C58H106O4S. The summed E-state index contributed by atoms with van der Waals surface area (Å²) in [5.41, 5.74) is 5.24. The lowest BCUT2D eigenvalue weighted by Crippen LogP contribution is -2.04. The van der Waals surface area contributed by atoms with Crippen molar-refractivity contribution in [3.05, 3.63) is 47.0 Å². The molecular weight excluding hydrogens is 793 g/mol. The van der Waals surface area contributed by atoms with E-state index in [9.17, 15) is 0 Å². The highest BCUT2D eigenvalue weighted by Crippen LogP contribution is 2.31. The average molecular weight is 900 g/mol. The van der Waals surface area contributed by atoms with Crippen LogP contribution in [0.4, 0.5) is 0 Å². The number of benzene rings is 2. The van der Waals surface area contributed by atoms with Crippen LogP contribution in [-0.2, 0) is 29.7 Å². The maximum Gasteiger partial charge on any atom is 0.394 e. The third-order valence-electron chi connectivity index (χ3n) is 13.7. The molecule has 0 saturated heterocycles. The minimum Gasteiger partial charge on any atom is -0.264 e. The Labute approximate surface area is 393 Å². The molecule has 2 rings (SSSR count). The van der Waals surface area contributed by atoms with Gasteiger partial charge in [0.05, 0.1) is 0 Å². The first kappa shape index (κ1) is 59.6. The molecule has 4 nitrogen and oxygen atoms in total. The quantitative estimate of drug-likeness (QED) is 0.0513. The molecule has 2 aromatic rings. The zero-order valence-electron chi connectivity index (χ0n) is 42.3. The van der Waals surface area contributed by atoms with Crippen molar-refractivity contribution in [3.8, 4) is 0 Å². The van der Waals surface area contributed by atoms with E-state index in [2.05, 4.69) is 51.1 Å². The molecule has 0 aliphatic carbocycles. The number of fused-ring (bicyclic) bond motifs is 1. The van der Waals surface area contributed by atoms with Crippen molar-refractivity contribution in [2.45, 2.75) is 310 Å². The number of rotatable bonds is 45. The Hall–Kier alpha value is -1.43. The van der Waals surface area contributed by atoms with Crippen molar-refractivity contribution < 1.29 is 17.5 Å². The molecule has 2 aromatic carbocycles. The summed E-state index contributed by atoms with van der Waals surface area (Å²) in [6.07, 6.45) is 64.5. The Morgan fingerprint density at radius 1 is 0.333 bits per heavy atom. The lowest BCUT2D eigenvalue weighted by atomic mass is 9.86. The summed E-state index contributed by atoms with van der Waals surface area (Å²) < 4.78 is 31.6. The molecule has 0 aliphatic rings. The van der Waals surface area contributed by atoms with Gasteiger partial charge in [0.1, 0.15) is 0 Å². The lowest BCUT2D eigenvalue weighted by Gasteiger charge is -2.19. The molecule has 0 fully saturated rings. The summed E-state index contributed by atoms with van der Waals surface area (Å²) in [6.45, 7) is 6.96. The fourth-order valence-corrected chi connectivity index (χ4v) is 9.85. The Morgan fingerprint density at radius 3 is 0.873 bits per heavy atom. The van der Waals surface area contributed by atoms with Crippen LogP contribution in [0.15, 0.2) is 30.3 Å². The molecule has 0 spiro atoms. The topological polar surface area (TPSA) is 74.6 Å². The second-order valence-electron chi connectivity index (χ2n) is 19.7. The average Bonchev–Trinajstić information content (AvgIpc) is 3.26. The van der Waals surface area contributed by atoms with Crippen LogP contribution in [0.5, 0.6) is 0 Å². The van der Waals surface area contributed by atoms with Crippen LogP contribution in [0.3, 0.4) is 0 Å². The van der Waals surface area contributed by atoms with Crippen LogP contribution in [0.25, 0.3) is 10.8 Å². The van der Waals surface area contributed by atoms with Gasteiger partial charge in [0.15, 0.2) is 0 Å². The van der Waals surface area contributed by atoms with Crippen molar-refractivity contribution in [1.82, 2.24) is 0 Å². The summed E-state index contributed by atoms with van der Waals surface area (Å²) in [5.74, 6) is 0. The van der Waals surface area contributed by atoms with Gasteiger partial charge in [0, 0.05) is 0 Å². The summed E-state index contributed by atoms with van der Waals surface area (Å²) >= 11 is 0. The van der Waals surface area contributed by atoms with E-state index in [-0.39, 0.29) is 0 Å². The number of unbranched alkanes of at least 4 members (excludes halogenated alkanes) is 39. The van der Waals surface area contributed by atoms with Crippen molar-refractivity contribution in [2.75, 3.05) is 0 Å². The van der Waals surface area contributed by atoms with Crippen LogP contribution in [0.1, 0.15) is 307 Å². The second kappa shape index (κ2) is 44.4. The first-order valence-corrected chi connectivity index (χ1v) is 29.4. The molecule has 0 heterocycles. The van der Waals surface area contributed by atoms with Gasteiger partial charge in [-0.15, -0.1) is 0 Å². The molecule has 5 heteroatoms. The van der Waals surface area contributed by atoms with Crippen molar-refractivity contribution in [2.24, 2.45) is 0 Å². The molecule has 2 N–H and O–H groups in total. The fourth-order valence-electron chi connectivity index (χ4n) is 9.85. The molecule has 0 bridgehead atoms. The molecule has 63 heavy (non-hydrogen) atoms. The third-order valence-corrected chi connectivity index (χ3v) is 13.7. The fraction of sp³-hybridized carbons (Fsp3) is 0.828. The van der Waals surface area contributed by atoms with Crippen LogP contribution >= 0.6 is 0 Å². The van der Waals surface area contributed by atoms with Gasteiger partial charge >= 0.3 is 10.4 Å². The first-order chi connectivity index (χ1) is 30.8. The van der Waals surface area contributed by atoms with Gasteiger partial charge in [-0.05, 0) is 66.0 Å². The summed E-state index contributed by atoms with van der Waals surface area (Å²) in [4.78, 5) is 0. The van der Waals surface area contributed by atoms with Gasteiger partial charge in [0.2, 0.25) is 0 Å². The molecule has 0 saturated carbocycles. The Bertz CT molecular complexity index is 1360. The lowest BCUT2D eigenvalue weighted by molar-refractivity contribution is 0.381. The highest BCUT2D eigenvalue weighted by atomic mass is 32.3. The Balaban J connectivity index is 0.00000374. The second-order valence-corrected chi connectivity index (χ2v) is 20.6. The zero-order chi connectivity index (χ0) is 45.7. The minimum atomic E-state index is -4.67. The zero-order valence-corrected chi connectivity index (χ0v) is 43.1. The number of aryl methyl sites for hydroxylation is 2. The number of hydrogen-bond acceptors (Lipinski definition) is 2. The third kappa shape index (κ3) is 38.4. The molecule has 0 aliphatic heterocycles. The molecule has 0 unspecified atom stereocenters. The van der Waals surface area contributed by atoms with Crippen molar-refractivity contribution >= 4 is 21.2 Å². The first-order valence-electron chi connectivity index (χ1n) is 28.0. The van der Waals surface area contributed by atoms with Crippen LogP contribution in [0.2, 0.25) is 0 Å². The van der Waals surface area contributed by atoms with E-state index in [1.54, 1.807) is 22.1 Å². The SMILES string of the molecule is CCCCCCCCCCCCCCCCc1cc2ccccc2c(CCCCCCCCCCCCCCCC)c1CCCCCCCCCCCCCCCC.O=S(=O)(O)O.